The molecule has 5 nitrogen and oxygen atoms in total. The fourth-order valence-electron chi connectivity index (χ4n) is 2.26. The van der Waals surface area contributed by atoms with Crippen molar-refractivity contribution in [2.75, 3.05) is 5.32 Å². The Morgan fingerprint density at radius 3 is 2.70 bits per heavy atom. The Labute approximate surface area is 117 Å². The highest BCUT2D eigenvalue weighted by atomic mass is 16.1. The van der Waals surface area contributed by atoms with E-state index in [4.69, 9.17) is 5.26 Å². The molecule has 0 aliphatic carbocycles. The van der Waals surface area contributed by atoms with Gasteiger partial charge >= 0.3 is 0 Å². The van der Waals surface area contributed by atoms with Crippen molar-refractivity contribution in [3.05, 3.63) is 57.3 Å². The first-order valence-corrected chi connectivity index (χ1v) is 6.36. The Morgan fingerprint density at radius 2 is 2.05 bits per heavy atom. The zero-order chi connectivity index (χ0) is 14.7. The van der Waals surface area contributed by atoms with Gasteiger partial charge in [0.15, 0.2) is 0 Å². The van der Waals surface area contributed by atoms with Crippen LogP contribution < -0.4 is 10.9 Å². The molecule has 0 saturated carbocycles. The highest BCUT2D eigenvalue weighted by molar-refractivity contribution is 5.58. The van der Waals surface area contributed by atoms with Crippen LogP contribution in [0.15, 0.2) is 29.1 Å². The third-order valence-corrected chi connectivity index (χ3v) is 3.12. The van der Waals surface area contributed by atoms with E-state index in [1.54, 1.807) is 19.1 Å². The fourth-order valence-corrected chi connectivity index (χ4v) is 2.26. The van der Waals surface area contributed by atoms with Crippen LogP contribution in [0.2, 0.25) is 0 Å². The minimum absolute atomic E-state index is 0.149. The van der Waals surface area contributed by atoms with E-state index in [1.807, 2.05) is 26.0 Å². The second-order valence-electron chi connectivity index (χ2n) is 4.67. The van der Waals surface area contributed by atoms with Gasteiger partial charge in [0.1, 0.15) is 11.9 Å². The Hall–Kier alpha value is -2.61. The summed E-state index contributed by atoms with van der Waals surface area (Å²) in [5.41, 5.74) is 2.39. The van der Waals surface area contributed by atoms with Crippen molar-refractivity contribution < 1.29 is 0 Å². The summed E-state index contributed by atoms with van der Waals surface area (Å²) in [7, 11) is 0. The molecule has 0 saturated heterocycles. The lowest BCUT2D eigenvalue weighted by Crippen LogP contribution is -2.23. The summed E-state index contributed by atoms with van der Waals surface area (Å²) in [5, 5.41) is 12.3. The minimum Gasteiger partial charge on any atom is -0.377 e. The summed E-state index contributed by atoms with van der Waals surface area (Å²) in [5.74, 6) is 0.598. The molecule has 1 atom stereocenters. The number of anilines is 1. The van der Waals surface area contributed by atoms with E-state index in [2.05, 4.69) is 21.4 Å². The summed E-state index contributed by atoms with van der Waals surface area (Å²) in [6, 6.07) is 9.10. The molecule has 0 bridgehead atoms. The molecule has 0 aliphatic rings. The van der Waals surface area contributed by atoms with Crippen LogP contribution in [-0.4, -0.2) is 9.97 Å². The molecule has 102 valence electrons. The van der Waals surface area contributed by atoms with Crippen LogP contribution in [0.25, 0.3) is 0 Å². The molecule has 1 heterocycles. The SMILES string of the molecule is Cc1nc(C)c(C(C)Nc2ccccc2C#N)c(=O)[nH]1. The van der Waals surface area contributed by atoms with E-state index in [0.717, 1.165) is 0 Å². The molecule has 2 aromatic rings. The van der Waals surface area contributed by atoms with Crippen LogP contribution in [0.1, 0.15) is 35.6 Å². The van der Waals surface area contributed by atoms with E-state index in [-0.39, 0.29) is 11.6 Å². The maximum Gasteiger partial charge on any atom is 0.256 e. The normalized spacial score (nSPS) is 11.7. The number of rotatable bonds is 3. The average molecular weight is 268 g/mol. The van der Waals surface area contributed by atoms with Crippen molar-refractivity contribution in [3.63, 3.8) is 0 Å². The Morgan fingerprint density at radius 1 is 1.35 bits per heavy atom. The first-order valence-electron chi connectivity index (χ1n) is 6.36. The van der Waals surface area contributed by atoms with Crippen LogP contribution in [-0.2, 0) is 0 Å². The predicted octanol–water partition coefficient (Wildman–Crippen LogP) is 2.43. The zero-order valence-corrected chi connectivity index (χ0v) is 11.7. The second-order valence-corrected chi connectivity index (χ2v) is 4.67. The highest BCUT2D eigenvalue weighted by Crippen LogP contribution is 2.21. The van der Waals surface area contributed by atoms with Crippen molar-refractivity contribution in [3.8, 4) is 6.07 Å². The van der Waals surface area contributed by atoms with Crippen molar-refractivity contribution in [1.82, 2.24) is 9.97 Å². The maximum atomic E-state index is 12.0. The molecule has 0 aliphatic heterocycles. The molecule has 1 unspecified atom stereocenters. The highest BCUT2D eigenvalue weighted by Gasteiger charge is 2.15. The van der Waals surface area contributed by atoms with Crippen LogP contribution in [0.3, 0.4) is 0 Å². The van der Waals surface area contributed by atoms with Crippen LogP contribution in [0.4, 0.5) is 5.69 Å². The first kappa shape index (κ1) is 13.8. The lowest BCUT2D eigenvalue weighted by Gasteiger charge is -2.17. The number of para-hydroxylation sites is 1. The average Bonchev–Trinajstić information content (AvgIpc) is 2.38. The molecule has 2 N–H and O–H groups in total. The summed E-state index contributed by atoms with van der Waals surface area (Å²) >= 11 is 0. The van der Waals surface area contributed by atoms with Gasteiger partial charge < -0.3 is 10.3 Å². The van der Waals surface area contributed by atoms with E-state index in [0.29, 0.717) is 28.3 Å². The zero-order valence-electron chi connectivity index (χ0n) is 11.7. The van der Waals surface area contributed by atoms with Crippen molar-refractivity contribution >= 4 is 5.69 Å². The first-order chi connectivity index (χ1) is 9.52. The van der Waals surface area contributed by atoms with Gasteiger partial charge in [-0.2, -0.15) is 5.26 Å². The Bertz CT molecular complexity index is 727. The Kier molecular flexibility index (Phi) is 3.85. The summed E-state index contributed by atoms with van der Waals surface area (Å²) < 4.78 is 0. The lowest BCUT2D eigenvalue weighted by molar-refractivity contribution is 0.813. The van der Waals surface area contributed by atoms with Gasteiger partial charge in [0.2, 0.25) is 0 Å². The minimum atomic E-state index is -0.235. The topological polar surface area (TPSA) is 81.6 Å². The molecule has 5 heteroatoms. The maximum absolute atomic E-state index is 12.0. The number of hydrogen-bond donors (Lipinski definition) is 2. The summed E-state index contributed by atoms with van der Waals surface area (Å²) in [4.78, 5) is 19.0. The number of H-pyrrole nitrogens is 1. The molecular weight excluding hydrogens is 252 g/mol. The molecular formula is C15H16N4O. The summed E-state index contributed by atoms with van der Waals surface area (Å²) in [6.07, 6.45) is 0. The molecule has 1 aromatic heterocycles. The molecule has 0 spiro atoms. The number of hydrogen-bond acceptors (Lipinski definition) is 4. The van der Waals surface area contributed by atoms with Crippen LogP contribution in [0.5, 0.6) is 0 Å². The van der Waals surface area contributed by atoms with Gasteiger partial charge in [0, 0.05) is 0 Å². The Balaban J connectivity index is 2.36. The number of nitrogens with zero attached hydrogens (tertiary/aromatic N) is 2. The standard InChI is InChI=1S/C15H16N4O/c1-9-14(15(20)19-11(3)17-9)10(2)18-13-7-5-4-6-12(13)8-16/h4-7,10,18H,1-3H3,(H,17,19,20). The van der Waals surface area contributed by atoms with Gasteiger partial charge in [0.05, 0.1) is 28.6 Å². The molecule has 0 fully saturated rings. The third kappa shape index (κ3) is 2.69. The number of benzene rings is 1. The van der Waals surface area contributed by atoms with E-state index in [1.165, 1.54) is 0 Å². The summed E-state index contributed by atoms with van der Waals surface area (Å²) in [6.45, 7) is 5.44. The van der Waals surface area contributed by atoms with Gasteiger partial charge in [0.25, 0.3) is 5.56 Å². The number of aromatic amines is 1. The largest absolute Gasteiger partial charge is 0.377 e. The number of nitriles is 1. The predicted molar refractivity (Wildman–Crippen MR) is 77.5 cm³/mol. The third-order valence-electron chi connectivity index (χ3n) is 3.12. The molecule has 0 amide bonds. The van der Waals surface area contributed by atoms with Crippen LogP contribution >= 0.6 is 0 Å². The smallest absolute Gasteiger partial charge is 0.256 e. The van der Waals surface area contributed by atoms with Gasteiger partial charge in [-0.15, -0.1) is 0 Å². The van der Waals surface area contributed by atoms with Gasteiger partial charge in [-0.05, 0) is 32.9 Å². The van der Waals surface area contributed by atoms with Crippen molar-refractivity contribution in [1.29, 1.82) is 5.26 Å². The van der Waals surface area contributed by atoms with Gasteiger partial charge in [-0.1, -0.05) is 12.1 Å². The van der Waals surface area contributed by atoms with E-state index < -0.39 is 0 Å². The van der Waals surface area contributed by atoms with Gasteiger partial charge in [-0.3, -0.25) is 4.79 Å². The molecule has 2 rings (SSSR count). The number of aryl methyl sites for hydroxylation is 2. The second kappa shape index (κ2) is 5.57. The fraction of sp³-hybridized carbons (Fsp3) is 0.267. The monoisotopic (exact) mass is 268 g/mol. The molecule has 20 heavy (non-hydrogen) atoms. The molecule has 0 radical (unpaired) electrons. The van der Waals surface area contributed by atoms with Gasteiger partial charge in [-0.25, -0.2) is 4.98 Å². The van der Waals surface area contributed by atoms with E-state index in [9.17, 15) is 4.79 Å². The van der Waals surface area contributed by atoms with E-state index >= 15 is 0 Å². The number of nitrogens with one attached hydrogen (secondary N) is 2. The number of aromatic nitrogens is 2. The van der Waals surface area contributed by atoms with Crippen LogP contribution in [0, 0.1) is 25.2 Å². The van der Waals surface area contributed by atoms with Crippen molar-refractivity contribution in [2.24, 2.45) is 0 Å². The lowest BCUT2D eigenvalue weighted by atomic mass is 10.1. The van der Waals surface area contributed by atoms with Crippen molar-refractivity contribution in [2.45, 2.75) is 26.8 Å². The molecule has 1 aromatic carbocycles. The quantitative estimate of drug-likeness (QED) is 0.895.